The molecule has 4 aromatic rings. The van der Waals surface area contributed by atoms with Crippen LogP contribution in [0.3, 0.4) is 0 Å². The number of aliphatic hydroxyl groups is 1. The molecule has 0 spiro atoms. The van der Waals surface area contributed by atoms with Crippen LogP contribution in [0.4, 0.5) is 13.2 Å². The molecule has 2 atom stereocenters. The monoisotopic (exact) mass is 554 g/mol. The molecule has 5 rings (SSSR count). The Morgan fingerprint density at radius 1 is 1.02 bits per heavy atom. The molecule has 1 unspecified atom stereocenters. The van der Waals surface area contributed by atoms with Gasteiger partial charge in [-0.3, -0.25) is 14.6 Å². The molecular weight excluding hydrogens is 525 g/mol. The van der Waals surface area contributed by atoms with Crippen LogP contribution in [0.5, 0.6) is 5.75 Å². The molecule has 1 saturated heterocycles. The average Bonchev–Trinajstić information content (AvgIpc) is 3.35. The molecule has 9 nitrogen and oxygen atoms in total. The van der Waals surface area contributed by atoms with Crippen molar-refractivity contribution in [2.24, 2.45) is 5.73 Å². The van der Waals surface area contributed by atoms with Crippen LogP contribution in [0.25, 0.3) is 16.9 Å². The van der Waals surface area contributed by atoms with E-state index in [1.807, 2.05) is 35.2 Å². The number of carbonyl (C=O) groups is 1. The summed E-state index contributed by atoms with van der Waals surface area (Å²) in [5, 5.41) is 15.3. The number of benzene rings is 2. The number of fused-ring (bicyclic) bond motifs is 1. The number of hydrogen-bond acceptors (Lipinski definition) is 7. The number of methoxy groups -OCH3 is 1. The number of rotatable bonds is 7. The number of nitrogens with two attached hydrogens (primary N) is 1. The lowest BCUT2D eigenvalue weighted by Crippen LogP contribution is -2.51. The van der Waals surface area contributed by atoms with E-state index in [0.29, 0.717) is 37.5 Å². The Morgan fingerprint density at radius 3 is 2.23 bits per heavy atom. The molecular formula is C28H29F3N6O3. The van der Waals surface area contributed by atoms with Gasteiger partial charge in [0.15, 0.2) is 11.3 Å². The summed E-state index contributed by atoms with van der Waals surface area (Å²) in [5.74, 6) is 0.0807. The fourth-order valence-corrected chi connectivity index (χ4v) is 5.26. The Balaban J connectivity index is 1.46. The van der Waals surface area contributed by atoms with E-state index < -0.39 is 30.0 Å². The summed E-state index contributed by atoms with van der Waals surface area (Å²) < 4.78 is 48.7. The van der Waals surface area contributed by atoms with Crippen molar-refractivity contribution >= 4 is 11.6 Å². The summed E-state index contributed by atoms with van der Waals surface area (Å²) in [4.78, 5) is 20.5. The fourth-order valence-electron chi connectivity index (χ4n) is 5.26. The molecule has 1 aliphatic heterocycles. The zero-order valence-corrected chi connectivity index (χ0v) is 22.0. The number of hydrogen-bond donors (Lipinski definition) is 2. The maximum atomic E-state index is 14.3. The number of halogens is 3. The van der Waals surface area contributed by atoms with Gasteiger partial charge in [-0.05, 0) is 36.8 Å². The largest absolute Gasteiger partial charge is 0.497 e. The van der Waals surface area contributed by atoms with Gasteiger partial charge in [-0.25, -0.2) is 9.50 Å². The lowest BCUT2D eigenvalue weighted by Gasteiger charge is -2.39. The maximum absolute atomic E-state index is 14.3. The van der Waals surface area contributed by atoms with Gasteiger partial charge < -0.3 is 15.6 Å². The first kappa shape index (κ1) is 27.6. The van der Waals surface area contributed by atoms with Crippen LogP contribution in [-0.4, -0.2) is 68.7 Å². The van der Waals surface area contributed by atoms with Crippen LogP contribution in [-0.2, 0) is 11.0 Å². The Bertz CT molecular complexity index is 1500. The molecule has 1 amide bonds. The van der Waals surface area contributed by atoms with E-state index in [9.17, 15) is 23.1 Å². The van der Waals surface area contributed by atoms with Crippen LogP contribution in [0, 0.1) is 6.92 Å². The highest BCUT2D eigenvalue weighted by Gasteiger charge is 2.39. The number of aliphatic hydroxyl groups excluding tert-OH is 1. The first-order chi connectivity index (χ1) is 19.1. The van der Waals surface area contributed by atoms with Crippen molar-refractivity contribution in [3.8, 4) is 17.0 Å². The number of carbonyl (C=O) groups excluding carboxylic acids is 1. The topological polar surface area (TPSA) is 109 Å². The molecule has 3 N–H and O–H groups in total. The number of piperazine rings is 1. The molecule has 2 aromatic carbocycles. The predicted molar refractivity (Wildman–Crippen MR) is 141 cm³/mol. The molecule has 210 valence electrons. The van der Waals surface area contributed by atoms with Crippen molar-refractivity contribution in [3.63, 3.8) is 0 Å². The van der Waals surface area contributed by atoms with Gasteiger partial charge in [0.25, 0.3) is 0 Å². The highest BCUT2D eigenvalue weighted by atomic mass is 19.4. The van der Waals surface area contributed by atoms with Crippen LogP contribution < -0.4 is 10.5 Å². The van der Waals surface area contributed by atoms with E-state index in [0.717, 1.165) is 10.1 Å². The molecule has 1 aliphatic rings. The molecule has 3 heterocycles. The zero-order chi connectivity index (χ0) is 28.6. The first-order valence-corrected chi connectivity index (χ1v) is 12.7. The van der Waals surface area contributed by atoms with E-state index in [4.69, 9.17) is 10.5 Å². The van der Waals surface area contributed by atoms with Crippen molar-refractivity contribution in [2.45, 2.75) is 25.4 Å². The second-order valence-electron chi connectivity index (χ2n) is 9.66. The quantitative estimate of drug-likeness (QED) is 0.360. The minimum absolute atomic E-state index is 0.0821. The van der Waals surface area contributed by atoms with Crippen molar-refractivity contribution in [3.05, 3.63) is 83.2 Å². The van der Waals surface area contributed by atoms with Gasteiger partial charge >= 0.3 is 6.18 Å². The normalized spacial score (nSPS) is 16.6. The third-order valence-electron chi connectivity index (χ3n) is 7.27. The Kier molecular flexibility index (Phi) is 7.49. The number of aromatic nitrogens is 3. The number of amides is 1. The number of primary amides is 1. The summed E-state index contributed by atoms with van der Waals surface area (Å²) in [6.07, 6.45) is -4.75. The SMILES string of the molecule is COc1ccc(-c2nc3c(C(O)N4CCN([C@@H](C(N)=O)c5ccccc5)CC4)cnn3c(C(F)(F)F)c2C)cc1. The molecule has 2 aromatic heterocycles. The third kappa shape index (κ3) is 5.12. The zero-order valence-electron chi connectivity index (χ0n) is 22.0. The summed E-state index contributed by atoms with van der Waals surface area (Å²) in [6.45, 7) is 2.87. The minimum atomic E-state index is -4.71. The van der Waals surface area contributed by atoms with Crippen LogP contribution in [0.2, 0.25) is 0 Å². The first-order valence-electron chi connectivity index (χ1n) is 12.7. The number of nitrogens with zero attached hydrogens (tertiary/aromatic N) is 5. The van der Waals surface area contributed by atoms with Crippen LogP contribution >= 0.6 is 0 Å². The van der Waals surface area contributed by atoms with Gasteiger partial charge in [-0.2, -0.15) is 18.3 Å². The highest BCUT2D eigenvalue weighted by molar-refractivity contribution is 5.81. The number of alkyl halides is 3. The summed E-state index contributed by atoms with van der Waals surface area (Å²) >= 11 is 0. The molecule has 0 saturated carbocycles. The van der Waals surface area contributed by atoms with Gasteiger partial charge in [-0.1, -0.05) is 30.3 Å². The summed E-state index contributed by atoms with van der Waals surface area (Å²) in [6, 6.07) is 15.1. The summed E-state index contributed by atoms with van der Waals surface area (Å²) in [5.41, 5.74) is 6.12. The third-order valence-corrected chi connectivity index (χ3v) is 7.27. The van der Waals surface area contributed by atoms with Crippen LogP contribution in [0.15, 0.2) is 60.8 Å². The van der Waals surface area contributed by atoms with Crippen molar-refractivity contribution in [2.75, 3.05) is 33.3 Å². The fraction of sp³-hybridized carbons (Fsp3) is 0.321. The molecule has 0 aliphatic carbocycles. The average molecular weight is 555 g/mol. The van der Waals surface area contributed by atoms with Crippen molar-refractivity contribution < 1.29 is 27.8 Å². The maximum Gasteiger partial charge on any atom is 0.433 e. The van der Waals surface area contributed by atoms with Gasteiger partial charge in [0.2, 0.25) is 5.91 Å². The Morgan fingerprint density at radius 2 is 1.65 bits per heavy atom. The lowest BCUT2D eigenvalue weighted by atomic mass is 10.0. The second-order valence-corrected chi connectivity index (χ2v) is 9.66. The molecule has 0 radical (unpaired) electrons. The van der Waals surface area contributed by atoms with Gasteiger partial charge in [0.05, 0.1) is 24.6 Å². The molecule has 12 heteroatoms. The van der Waals surface area contributed by atoms with E-state index in [1.54, 1.807) is 29.2 Å². The Hall–Kier alpha value is -4.00. The van der Waals surface area contributed by atoms with Gasteiger partial charge in [0, 0.05) is 37.3 Å². The van der Waals surface area contributed by atoms with Gasteiger partial charge in [0.1, 0.15) is 18.0 Å². The van der Waals surface area contributed by atoms with E-state index in [-0.39, 0.29) is 22.5 Å². The second kappa shape index (κ2) is 10.9. The van der Waals surface area contributed by atoms with E-state index in [2.05, 4.69) is 10.1 Å². The highest BCUT2D eigenvalue weighted by Crippen LogP contribution is 2.38. The number of ether oxygens (including phenoxy) is 1. The Labute approximate surface area is 228 Å². The summed E-state index contributed by atoms with van der Waals surface area (Å²) in [7, 11) is 1.50. The lowest BCUT2D eigenvalue weighted by molar-refractivity contribution is -0.143. The van der Waals surface area contributed by atoms with E-state index >= 15 is 0 Å². The van der Waals surface area contributed by atoms with Crippen molar-refractivity contribution in [1.82, 2.24) is 24.4 Å². The van der Waals surface area contributed by atoms with Gasteiger partial charge in [-0.15, -0.1) is 0 Å². The minimum Gasteiger partial charge on any atom is -0.497 e. The smallest absolute Gasteiger partial charge is 0.433 e. The molecule has 0 bridgehead atoms. The molecule has 40 heavy (non-hydrogen) atoms. The standard InChI is InChI=1S/C28H29F3N6O3/c1-17-22(18-8-10-20(40-2)11-9-18)34-26-21(16-33-37(26)24(17)28(29,30)31)27(39)36-14-12-35(13-15-36)23(25(32)38)19-6-4-3-5-7-19/h3-11,16,23,27,39H,12-15H2,1-2H3,(H2,32,38)/t23-,27?/m1/s1. The van der Waals surface area contributed by atoms with Crippen molar-refractivity contribution in [1.29, 1.82) is 0 Å². The van der Waals surface area contributed by atoms with E-state index in [1.165, 1.54) is 20.2 Å². The van der Waals surface area contributed by atoms with Crippen LogP contribution in [0.1, 0.15) is 34.7 Å². The predicted octanol–water partition coefficient (Wildman–Crippen LogP) is 3.57. The molecule has 1 fully saturated rings.